The molecule has 44 heavy (non-hydrogen) atoms. The number of aryl methyl sites for hydroxylation is 2. The molecule has 0 saturated carbocycles. The van der Waals surface area contributed by atoms with Gasteiger partial charge in [-0.25, -0.2) is 4.98 Å². The van der Waals surface area contributed by atoms with E-state index >= 15 is 0 Å². The molecule has 4 aromatic carbocycles. The SMILES string of the molecule is Cc1cc(C)c2nc(N3C(=O)C(=O)/C(=C(/O)c4ccc5c(c4)CC(C)O5)C3c3cccc(OCc4ccccc4)c3)sc2c1. The van der Waals surface area contributed by atoms with Crippen molar-refractivity contribution in [3.05, 3.63) is 124 Å². The number of nitrogens with zero attached hydrogens (tertiary/aromatic N) is 2. The van der Waals surface area contributed by atoms with Crippen molar-refractivity contribution in [3.63, 3.8) is 0 Å². The number of amides is 1. The minimum absolute atomic E-state index is 0.00859. The van der Waals surface area contributed by atoms with Gasteiger partial charge < -0.3 is 14.6 Å². The first-order valence-corrected chi connectivity index (χ1v) is 15.3. The van der Waals surface area contributed by atoms with Gasteiger partial charge in [0.05, 0.1) is 21.8 Å². The van der Waals surface area contributed by atoms with E-state index in [1.807, 2.05) is 93.6 Å². The molecule has 2 atom stereocenters. The van der Waals surface area contributed by atoms with Crippen molar-refractivity contribution in [2.45, 2.75) is 45.9 Å². The van der Waals surface area contributed by atoms with Crippen LogP contribution >= 0.6 is 11.3 Å². The number of ether oxygens (including phenoxy) is 2. The fourth-order valence-corrected chi connectivity index (χ4v) is 7.22. The number of Topliss-reactive ketones (excluding diaryl/α,β-unsaturated/α-hetero) is 1. The molecule has 1 saturated heterocycles. The Balaban J connectivity index is 1.36. The lowest BCUT2D eigenvalue weighted by molar-refractivity contribution is -0.132. The van der Waals surface area contributed by atoms with Crippen LogP contribution in [-0.4, -0.2) is 27.9 Å². The summed E-state index contributed by atoms with van der Waals surface area (Å²) in [6.07, 6.45) is 0.720. The lowest BCUT2D eigenvalue weighted by Gasteiger charge is -2.23. The Morgan fingerprint density at radius 2 is 1.84 bits per heavy atom. The second kappa shape index (κ2) is 11.0. The van der Waals surface area contributed by atoms with Crippen molar-refractivity contribution < 1.29 is 24.2 Å². The number of anilines is 1. The Bertz CT molecular complexity index is 1980. The summed E-state index contributed by atoms with van der Waals surface area (Å²) < 4.78 is 12.9. The van der Waals surface area contributed by atoms with E-state index in [0.29, 0.717) is 35.0 Å². The van der Waals surface area contributed by atoms with Crippen LogP contribution < -0.4 is 14.4 Å². The first-order valence-electron chi connectivity index (χ1n) is 14.5. The van der Waals surface area contributed by atoms with Gasteiger partial charge in [0.15, 0.2) is 5.13 Å². The van der Waals surface area contributed by atoms with Gasteiger partial charge in [0.2, 0.25) is 0 Å². The Labute approximate surface area is 259 Å². The molecule has 7 rings (SSSR count). The highest BCUT2D eigenvalue weighted by Crippen LogP contribution is 2.45. The number of aliphatic hydroxyl groups excluding tert-OH is 1. The molecule has 3 heterocycles. The standard InChI is InChI=1S/C36H30N2O5S/c1-20-14-21(2)31-29(15-20)44-36(37-31)38-32(24-10-7-11-27(18-24)42-19-23-8-5-4-6-9-23)30(34(40)35(38)41)33(39)25-12-13-28-26(17-25)16-22(3)43-28/h4-15,17-18,22,32,39H,16,19H2,1-3H3/b33-30+. The molecule has 0 spiro atoms. The maximum absolute atomic E-state index is 13.8. The second-order valence-electron chi connectivity index (χ2n) is 11.4. The van der Waals surface area contributed by atoms with Crippen molar-refractivity contribution in [1.29, 1.82) is 0 Å². The first-order chi connectivity index (χ1) is 21.3. The van der Waals surface area contributed by atoms with Crippen molar-refractivity contribution in [2.75, 3.05) is 4.90 Å². The number of aromatic nitrogens is 1. The highest BCUT2D eigenvalue weighted by atomic mass is 32.1. The molecule has 1 N–H and O–H groups in total. The zero-order valence-electron chi connectivity index (χ0n) is 24.5. The van der Waals surface area contributed by atoms with Crippen LogP contribution in [0.3, 0.4) is 0 Å². The van der Waals surface area contributed by atoms with Gasteiger partial charge in [0.25, 0.3) is 5.78 Å². The number of rotatable bonds is 6. The molecule has 0 radical (unpaired) electrons. The van der Waals surface area contributed by atoms with Crippen LogP contribution in [0.1, 0.15) is 46.3 Å². The minimum Gasteiger partial charge on any atom is -0.507 e. The van der Waals surface area contributed by atoms with Gasteiger partial charge in [-0.3, -0.25) is 14.5 Å². The number of carbonyl (C=O) groups excluding carboxylic acids is 2. The van der Waals surface area contributed by atoms with Crippen molar-refractivity contribution in [1.82, 2.24) is 4.98 Å². The zero-order chi connectivity index (χ0) is 30.5. The fraction of sp³-hybridized carbons (Fsp3) is 0.194. The molecule has 0 aliphatic carbocycles. The number of carbonyl (C=O) groups is 2. The summed E-state index contributed by atoms with van der Waals surface area (Å²) in [5.41, 5.74) is 5.90. The Morgan fingerprint density at radius 3 is 2.66 bits per heavy atom. The highest BCUT2D eigenvalue weighted by molar-refractivity contribution is 7.22. The van der Waals surface area contributed by atoms with Gasteiger partial charge >= 0.3 is 5.91 Å². The number of hydrogen-bond donors (Lipinski definition) is 1. The molecule has 220 valence electrons. The summed E-state index contributed by atoms with van der Waals surface area (Å²) in [6.45, 7) is 6.34. The smallest absolute Gasteiger partial charge is 0.301 e. The largest absolute Gasteiger partial charge is 0.507 e. The van der Waals surface area contributed by atoms with Crippen LogP contribution in [0, 0.1) is 13.8 Å². The van der Waals surface area contributed by atoms with Crippen LogP contribution in [-0.2, 0) is 22.6 Å². The van der Waals surface area contributed by atoms with Crippen LogP contribution in [0.5, 0.6) is 11.5 Å². The molecule has 1 fully saturated rings. The van der Waals surface area contributed by atoms with E-state index in [4.69, 9.17) is 14.5 Å². The van der Waals surface area contributed by atoms with E-state index in [1.165, 1.54) is 16.2 Å². The minimum atomic E-state index is -0.916. The van der Waals surface area contributed by atoms with E-state index in [1.54, 1.807) is 12.1 Å². The van der Waals surface area contributed by atoms with Gasteiger partial charge in [0.1, 0.15) is 30.0 Å². The predicted octanol–water partition coefficient (Wildman–Crippen LogP) is 7.44. The van der Waals surface area contributed by atoms with E-state index in [2.05, 4.69) is 0 Å². The van der Waals surface area contributed by atoms with Gasteiger partial charge in [-0.15, -0.1) is 0 Å². The van der Waals surface area contributed by atoms with Gasteiger partial charge in [-0.1, -0.05) is 59.9 Å². The van der Waals surface area contributed by atoms with E-state index in [-0.39, 0.29) is 17.4 Å². The molecule has 8 heteroatoms. The Hall–Kier alpha value is -4.95. The van der Waals surface area contributed by atoms with Gasteiger partial charge in [0, 0.05) is 12.0 Å². The van der Waals surface area contributed by atoms with Crippen LogP contribution in [0.2, 0.25) is 0 Å². The summed E-state index contributed by atoms with van der Waals surface area (Å²) in [5.74, 6) is -0.396. The number of benzene rings is 4. The highest BCUT2D eigenvalue weighted by Gasteiger charge is 2.48. The first kappa shape index (κ1) is 27.9. The van der Waals surface area contributed by atoms with E-state index in [9.17, 15) is 14.7 Å². The molecule has 1 aromatic heterocycles. The van der Waals surface area contributed by atoms with Crippen molar-refractivity contribution >= 4 is 44.1 Å². The number of hydrogen-bond acceptors (Lipinski definition) is 7. The van der Waals surface area contributed by atoms with Gasteiger partial charge in [-0.2, -0.15) is 0 Å². The normalized spacial score (nSPS) is 18.9. The fourth-order valence-electron chi connectivity index (χ4n) is 6.05. The summed E-state index contributed by atoms with van der Waals surface area (Å²) in [4.78, 5) is 33.9. The topological polar surface area (TPSA) is 89.0 Å². The van der Waals surface area contributed by atoms with Crippen LogP contribution in [0.15, 0.2) is 90.5 Å². The molecule has 2 unspecified atom stereocenters. The monoisotopic (exact) mass is 602 g/mol. The number of fused-ring (bicyclic) bond motifs is 2. The third-order valence-corrected chi connectivity index (χ3v) is 9.06. The van der Waals surface area contributed by atoms with E-state index in [0.717, 1.165) is 38.2 Å². The third kappa shape index (κ3) is 4.91. The zero-order valence-corrected chi connectivity index (χ0v) is 25.4. The lowest BCUT2D eigenvalue weighted by atomic mass is 9.94. The number of ketones is 1. The van der Waals surface area contributed by atoms with Crippen LogP contribution in [0.4, 0.5) is 5.13 Å². The molecule has 7 nitrogen and oxygen atoms in total. The number of thiazole rings is 1. The van der Waals surface area contributed by atoms with E-state index < -0.39 is 17.7 Å². The molecular weight excluding hydrogens is 572 g/mol. The Kier molecular flexibility index (Phi) is 6.94. The maximum Gasteiger partial charge on any atom is 0.301 e. The quantitative estimate of drug-likeness (QED) is 0.123. The molecular formula is C36H30N2O5S. The molecule has 0 bridgehead atoms. The summed E-state index contributed by atoms with van der Waals surface area (Å²) >= 11 is 1.35. The molecule has 2 aliphatic rings. The van der Waals surface area contributed by atoms with Gasteiger partial charge in [-0.05, 0) is 85.0 Å². The average molecular weight is 603 g/mol. The third-order valence-electron chi connectivity index (χ3n) is 8.06. The Morgan fingerprint density at radius 1 is 1.02 bits per heavy atom. The van der Waals surface area contributed by atoms with Crippen molar-refractivity contribution in [2.24, 2.45) is 0 Å². The maximum atomic E-state index is 13.8. The summed E-state index contributed by atoms with van der Waals surface area (Å²) in [5, 5.41) is 12.1. The summed E-state index contributed by atoms with van der Waals surface area (Å²) in [7, 11) is 0. The average Bonchev–Trinajstić information content (AvgIpc) is 3.68. The molecule has 5 aromatic rings. The summed E-state index contributed by atoms with van der Waals surface area (Å²) in [6, 6.07) is 25.7. The van der Waals surface area contributed by atoms with Crippen LogP contribution in [0.25, 0.3) is 16.0 Å². The lowest BCUT2D eigenvalue weighted by Crippen LogP contribution is -2.29. The predicted molar refractivity (Wildman–Crippen MR) is 171 cm³/mol. The molecule has 1 amide bonds. The second-order valence-corrected chi connectivity index (χ2v) is 12.4. The molecule has 2 aliphatic heterocycles. The van der Waals surface area contributed by atoms with Crippen molar-refractivity contribution in [3.8, 4) is 11.5 Å². The number of aliphatic hydroxyl groups is 1.